The summed E-state index contributed by atoms with van der Waals surface area (Å²) < 4.78 is 0. The van der Waals surface area contributed by atoms with E-state index in [1.54, 1.807) is 6.08 Å². The molecule has 1 atom stereocenters. The molecule has 0 unspecified atom stereocenters. The van der Waals surface area contributed by atoms with E-state index in [1.165, 1.54) is 33.8 Å². The van der Waals surface area contributed by atoms with Gasteiger partial charge in [-0.1, -0.05) is 110 Å². The normalized spacial score (nSPS) is 19.0. The zero-order valence-electron chi connectivity index (χ0n) is 24.3. The fourth-order valence-corrected chi connectivity index (χ4v) is 5.41. The number of anilines is 1. The van der Waals surface area contributed by atoms with E-state index in [-0.39, 0.29) is 0 Å². The van der Waals surface area contributed by atoms with Gasteiger partial charge >= 0.3 is 0 Å². The van der Waals surface area contributed by atoms with Crippen molar-refractivity contribution in [1.29, 1.82) is 0 Å². The molecule has 0 spiro atoms. The number of allylic oxidation sites excluding steroid dienone is 16. The van der Waals surface area contributed by atoms with Gasteiger partial charge in [-0.3, -0.25) is 0 Å². The summed E-state index contributed by atoms with van der Waals surface area (Å²) >= 11 is 0. The average molecular weight is 529 g/mol. The maximum atomic E-state index is 4.41. The maximum absolute atomic E-state index is 4.41. The first-order valence-electron chi connectivity index (χ1n) is 14.6. The molecular weight excluding hydrogens is 484 g/mol. The molecule has 3 aliphatic carbocycles. The lowest BCUT2D eigenvalue weighted by molar-refractivity contribution is 0.402. The molecule has 4 rings (SSSR count). The van der Waals surface area contributed by atoms with Crippen molar-refractivity contribution >= 4 is 5.69 Å². The summed E-state index contributed by atoms with van der Waals surface area (Å²) in [7, 11) is 0. The molecule has 206 valence electrons. The van der Waals surface area contributed by atoms with Crippen LogP contribution in [0.4, 0.5) is 5.69 Å². The Morgan fingerprint density at radius 1 is 1.00 bits per heavy atom. The number of hydrogen-bond donors (Lipinski definition) is 0. The topological polar surface area (TPSA) is 6.48 Å². The highest BCUT2D eigenvalue weighted by Crippen LogP contribution is 2.32. The van der Waals surface area contributed by atoms with Crippen molar-refractivity contribution in [2.24, 2.45) is 0 Å². The van der Waals surface area contributed by atoms with E-state index in [0.29, 0.717) is 6.04 Å². The lowest BCUT2D eigenvalue weighted by Crippen LogP contribution is -2.34. The Morgan fingerprint density at radius 3 is 2.58 bits per heavy atom. The Kier molecular flexibility index (Phi) is 10.8. The van der Waals surface area contributed by atoms with Crippen molar-refractivity contribution in [2.75, 3.05) is 18.0 Å². The van der Waals surface area contributed by atoms with Crippen LogP contribution in [0.1, 0.15) is 44.6 Å². The van der Waals surface area contributed by atoms with Gasteiger partial charge in [-0.25, -0.2) is 0 Å². The van der Waals surface area contributed by atoms with Crippen molar-refractivity contribution in [3.63, 3.8) is 0 Å². The SMILES string of the molecule is C=C/C=C\C=C/CN(C/C=C\C(=C)C1=CC[C@@H](N(C2=CC=CCC2)c2cccc(C)c2)C=C1)C1=CC(C)=CCC1. The molecule has 1 aromatic carbocycles. The third-order valence-electron chi connectivity index (χ3n) is 7.49. The van der Waals surface area contributed by atoms with Gasteiger partial charge in [0.2, 0.25) is 0 Å². The van der Waals surface area contributed by atoms with Gasteiger partial charge < -0.3 is 9.80 Å². The Labute approximate surface area is 242 Å². The van der Waals surface area contributed by atoms with E-state index in [2.05, 4.69) is 134 Å². The summed E-state index contributed by atoms with van der Waals surface area (Å²) in [4.78, 5) is 4.97. The summed E-state index contributed by atoms with van der Waals surface area (Å²) in [6, 6.07) is 9.16. The van der Waals surface area contributed by atoms with Crippen molar-refractivity contribution in [2.45, 2.75) is 52.0 Å². The monoisotopic (exact) mass is 528 g/mol. The minimum absolute atomic E-state index is 0.298. The number of benzene rings is 1. The second-order valence-corrected chi connectivity index (χ2v) is 10.7. The predicted octanol–water partition coefficient (Wildman–Crippen LogP) is 9.63. The smallest absolute Gasteiger partial charge is 0.0557 e. The predicted molar refractivity (Wildman–Crippen MR) is 175 cm³/mol. The molecule has 3 aliphatic rings. The molecule has 1 aromatic rings. The molecule has 2 nitrogen and oxygen atoms in total. The highest BCUT2D eigenvalue weighted by molar-refractivity contribution is 5.58. The molecule has 0 bridgehead atoms. The van der Waals surface area contributed by atoms with Crippen molar-refractivity contribution in [3.8, 4) is 0 Å². The van der Waals surface area contributed by atoms with Gasteiger partial charge in [0.15, 0.2) is 0 Å². The van der Waals surface area contributed by atoms with Crippen LogP contribution in [0.15, 0.2) is 157 Å². The fraction of sp³-hybridized carbons (Fsp3) is 0.263. The third kappa shape index (κ3) is 8.23. The molecule has 2 heteroatoms. The van der Waals surface area contributed by atoms with Gasteiger partial charge in [0, 0.05) is 30.2 Å². The van der Waals surface area contributed by atoms with Gasteiger partial charge in [-0.15, -0.1) is 0 Å². The lowest BCUT2D eigenvalue weighted by atomic mass is 9.95. The van der Waals surface area contributed by atoms with E-state index in [1.807, 2.05) is 12.2 Å². The van der Waals surface area contributed by atoms with Crippen LogP contribution >= 0.6 is 0 Å². The van der Waals surface area contributed by atoms with Gasteiger partial charge in [0.05, 0.1) is 6.04 Å². The molecule has 0 amide bonds. The van der Waals surface area contributed by atoms with E-state index >= 15 is 0 Å². The molecule has 0 fully saturated rings. The quantitative estimate of drug-likeness (QED) is 0.249. The van der Waals surface area contributed by atoms with Crippen LogP contribution in [0.2, 0.25) is 0 Å². The fourth-order valence-electron chi connectivity index (χ4n) is 5.41. The van der Waals surface area contributed by atoms with Crippen LogP contribution in [-0.2, 0) is 0 Å². The first kappa shape index (κ1) is 29.0. The van der Waals surface area contributed by atoms with Crippen LogP contribution in [0.25, 0.3) is 0 Å². The van der Waals surface area contributed by atoms with Crippen LogP contribution in [-0.4, -0.2) is 24.0 Å². The third-order valence-corrected chi connectivity index (χ3v) is 7.49. The number of aryl methyl sites for hydroxylation is 1. The Hall–Kier alpha value is -4.04. The van der Waals surface area contributed by atoms with E-state index < -0.39 is 0 Å². The number of nitrogens with zero attached hydrogens (tertiary/aromatic N) is 2. The highest BCUT2D eigenvalue weighted by Gasteiger charge is 2.22. The second kappa shape index (κ2) is 14.9. The van der Waals surface area contributed by atoms with Crippen molar-refractivity contribution < 1.29 is 0 Å². The van der Waals surface area contributed by atoms with Crippen LogP contribution in [0.5, 0.6) is 0 Å². The standard InChI is InChI=1S/C38H44N2/c1-5-6-7-8-12-27-39(37-21-13-16-31(2)29-37)28-15-18-33(4)34-23-25-36(26-24-34)40(35-19-10-9-11-20-35)38-22-14-17-32(3)30-38/h5-10,12,14-19,22-25,29-30,36H,1,4,11,13,20-21,26-28H2,2-3H3/b7-6-,12-8-,18-15-/t36-/m0/s1. The summed E-state index contributed by atoms with van der Waals surface area (Å²) in [5.74, 6) is 0. The number of rotatable bonds is 12. The highest BCUT2D eigenvalue weighted by atomic mass is 15.2. The molecular formula is C38H44N2. The van der Waals surface area contributed by atoms with Gasteiger partial charge in [0.1, 0.15) is 0 Å². The van der Waals surface area contributed by atoms with Crippen LogP contribution in [0, 0.1) is 6.92 Å². The number of hydrogen-bond acceptors (Lipinski definition) is 2. The average Bonchev–Trinajstić information content (AvgIpc) is 2.97. The minimum atomic E-state index is 0.298. The first-order valence-corrected chi connectivity index (χ1v) is 14.6. The molecule has 0 aromatic heterocycles. The van der Waals surface area contributed by atoms with Gasteiger partial charge in [0.25, 0.3) is 0 Å². The lowest BCUT2D eigenvalue weighted by Gasteiger charge is -2.36. The largest absolute Gasteiger partial charge is 0.367 e. The Morgan fingerprint density at radius 2 is 1.85 bits per heavy atom. The Bertz CT molecular complexity index is 1330. The van der Waals surface area contributed by atoms with Gasteiger partial charge in [-0.2, -0.15) is 0 Å². The molecule has 0 radical (unpaired) electrons. The molecule has 0 saturated heterocycles. The Balaban J connectivity index is 1.42. The maximum Gasteiger partial charge on any atom is 0.0557 e. The second-order valence-electron chi connectivity index (χ2n) is 10.7. The molecule has 0 saturated carbocycles. The van der Waals surface area contributed by atoms with Crippen LogP contribution < -0.4 is 4.90 Å². The van der Waals surface area contributed by atoms with E-state index in [0.717, 1.165) is 50.8 Å². The van der Waals surface area contributed by atoms with Crippen molar-refractivity contribution in [1.82, 2.24) is 4.90 Å². The minimum Gasteiger partial charge on any atom is -0.367 e. The van der Waals surface area contributed by atoms with Crippen LogP contribution in [0.3, 0.4) is 0 Å². The van der Waals surface area contributed by atoms with Gasteiger partial charge in [-0.05, 0) is 86.9 Å². The summed E-state index contributed by atoms with van der Waals surface area (Å²) in [6.45, 7) is 14.2. The zero-order valence-corrected chi connectivity index (χ0v) is 24.3. The molecule has 0 aliphatic heterocycles. The van der Waals surface area contributed by atoms with E-state index in [9.17, 15) is 0 Å². The zero-order chi connectivity index (χ0) is 28.2. The summed E-state index contributed by atoms with van der Waals surface area (Å²) in [6.07, 6.45) is 38.2. The van der Waals surface area contributed by atoms with Crippen molar-refractivity contribution in [3.05, 3.63) is 162 Å². The molecule has 0 N–H and O–H groups in total. The molecule has 40 heavy (non-hydrogen) atoms. The first-order chi connectivity index (χ1) is 19.5. The molecule has 0 heterocycles. The summed E-state index contributed by atoms with van der Waals surface area (Å²) in [5, 5.41) is 0. The summed E-state index contributed by atoms with van der Waals surface area (Å²) in [5.41, 5.74) is 8.97. The van der Waals surface area contributed by atoms with E-state index in [4.69, 9.17) is 0 Å².